The summed E-state index contributed by atoms with van der Waals surface area (Å²) in [6, 6.07) is 9.91. The zero-order chi connectivity index (χ0) is 31.8. The first-order valence-corrected chi connectivity index (χ1v) is 15.8. The van der Waals surface area contributed by atoms with Gasteiger partial charge in [0.05, 0.1) is 56.1 Å². The van der Waals surface area contributed by atoms with Crippen LogP contribution in [0.15, 0.2) is 41.4 Å². The van der Waals surface area contributed by atoms with Gasteiger partial charge in [0.1, 0.15) is 11.4 Å². The molecule has 0 aliphatic rings. The summed E-state index contributed by atoms with van der Waals surface area (Å²) in [6.45, 7) is 10.8. The standard InChI is InChI=1S/C30H41N5O7S2.Os/c1-2-34(22-25-6-3-8-27(32-25)29(36)37)11-15-41-18-19-42-17-13-35(23-26-7-4-9-28(33-26)30(38)39)12-16-40-14-5-20-44-21-10-31-24-43;/h3-9H,1-2,10-23H2,(H,36,37)(H,38,39);/q-2;+2. The van der Waals surface area contributed by atoms with Gasteiger partial charge in [-0.1, -0.05) is 18.7 Å². The SMILES string of the molecule is [CH2-]CN(CCOCCOCCN(CCOC[CH-]CSCCN=C=S)Cc1cccc(C(=O)O)n1)Cc1cccc(C(=O)O)n1.[Os+2]. The number of carbonyl (C=O) groups is 2. The molecule has 12 nitrogen and oxygen atoms in total. The molecular weight excluding hydrogens is 797 g/mol. The molecule has 248 valence electrons. The molecule has 0 fully saturated rings. The van der Waals surface area contributed by atoms with Gasteiger partial charge in [0, 0.05) is 38.5 Å². The largest absolute Gasteiger partial charge is 2.00 e. The molecule has 15 heteroatoms. The molecule has 2 N–H and O–H groups in total. The summed E-state index contributed by atoms with van der Waals surface area (Å²) in [5.74, 6) is -0.361. The second-order valence-electron chi connectivity index (χ2n) is 9.33. The summed E-state index contributed by atoms with van der Waals surface area (Å²) in [4.78, 5) is 38.9. The average Bonchev–Trinajstić information content (AvgIpc) is 3.02. The van der Waals surface area contributed by atoms with E-state index < -0.39 is 11.9 Å². The maximum absolute atomic E-state index is 11.3. The Balaban J connectivity index is 0.0000101. The first kappa shape index (κ1) is 40.8. The van der Waals surface area contributed by atoms with Crippen LogP contribution in [0.3, 0.4) is 0 Å². The van der Waals surface area contributed by atoms with Crippen molar-refractivity contribution in [3.8, 4) is 0 Å². The predicted molar refractivity (Wildman–Crippen MR) is 172 cm³/mol. The van der Waals surface area contributed by atoms with E-state index in [0.29, 0.717) is 96.8 Å². The van der Waals surface area contributed by atoms with Crippen molar-refractivity contribution in [2.24, 2.45) is 4.99 Å². The van der Waals surface area contributed by atoms with E-state index in [2.05, 4.69) is 50.6 Å². The van der Waals surface area contributed by atoms with Crippen molar-refractivity contribution in [1.82, 2.24) is 19.8 Å². The van der Waals surface area contributed by atoms with E-state index in [0.717, 1.165) is 11.5 Å². The van der Waals surface area contributed by atoms with Crippen LogP contribution in [0.1, 0.15) is 32.4 Å². The fourth-order valence-corrected chi connectivity index (χ4v) is 4.55. The molecule has 0 aromatic carbocycles. The Labute approximate surface area is 288 Å². The minimum Gasteiger partial charge on any atom is -0.477 e. The van der Waals surface area contributed by atoms with E-state index in [9.17, 15) is 14.7 Å². The molecular formula is C30H41N5O7OsS2. The number of aromatic nitrogens is 2. The van der Waals surface area contributed by atoms with Crippen LogP contribution in [-0.4, -0.2) is 131 Å². The van der Waals surface area contributed by atoms with E-state index >= 15 is 0 Å². The number of thiocarbonyl (C=S) groups is 1. The van der Waals surface area contributed by atoms with Crippen LogP contribution < -0.4 is 0 Å². The maximum atomic E-state index is 11.3. The Kier molecular flexibility index (Phi) is 23.6. The van der Waals surface area contributed by atoms with Gasteiger partial charge in [-0.05, 0) is 36.5 Å². The van der Waals surface area contributed by atoms with Gasteiger partial charge in [-0.15, -0.1) is 12.3 Å². The molecule has 0 aliphatic heterocycles. The number of isothiocyanates is 1. The molecule has 2 heterocycles. The molecule has 0 spiro atoms. The van der Waals surface area contributed by atoms with E-state index in [1.165, 1.54) is 12.1 Å². The maximum Gasteiger partial charge on any atom is 2.00 e. The quantitative estimate of drug-likeness (QED) is 0.0620. The van der Waals surface area contributed by atoms with E-state index in [1.807, 2.05) is 11.0 Å². The summed E-state index contributed by atoms with van der Waals surface area (Å²) in [5.41, 5.74) is 1.36. The zero-order valence-corrected chi connectivity index (χ0v) is 29.4. The Hall–Kier alpha value is -2.17. The number of nitrogens with zero attached hydrogens (tertiary/aromatic N) is 5. The number of aromatic carboxylic acids is 2. The van der Waals surface area contributed by atoms with Gasteiger partial charge in [0.15, 0.2) is 0 Å². The molecule has 0 atom stereocenters. The normalized spacial score (nSPS) is 10.9. The molecule has 0 saturated carbocycles. The monoisotopic (exact) mass is 839 g/mol. The molecule has 2 aromatic rings. The van der Waals surface area contributed by atoms with Gasteiger partial charge >= 0.3 is 31.7 Å². The van der Waals surface area contributed by atoms with Crippen molar-refractivity contribution in [3.05, 3.63) is 72.5 Å². The second kappa shape index (κ2) is 26.0. The minimum atomic E-state index is -1.06. The van der Waals surface area contributed by atoms with Crippen LogP contribution in [0.2, 0.25) is 0 Å². The predicted octanol–water partition coefficient (Wildman–Crippen LogP) is 3.10. The molecule has 0 aliphatic carbocycles. The van der Waals surface area contributed by atoms with Crippen LogP contribution in [0.5, 0.6) is 0 Å². The van der Waals surface area contributed by atoms with Gasteiger partial charge in [-0.3, -0.25) is 11.3 Å². The number of rotatable bonds is 26. The minimum absolute atomic E-state index is 0. The van der Waals surface area contributed by atoms with Crippen LogP contribution >= 0.6 is 24.0 Å². The van der Waals surface area contributed by atoms with Crippen LogP contribution in [-0.2, 0) is 47.1 Å². The Morgan fingerprint density at radius 1 is 0.889 bits per heavy atom. The van der Waals surface area contributed by atoms with Gasteiger partial charge in [-0.2, -0.15) is 11.8 Å². The smallest absolute Gasteiger partial charge is 0.477 e. The summed E-state index contributed by atoms with van der Waals surface area (Å²) < 4.78 is 17.3. The van der Waals surface area contributed by atoms with Gasteiger partial charge in [-0.25, -0.2) is 24.5 Å². The van der Waals surface area contributed by atoms with Crippen molar-refractivity contribution in [2.75, 3.05) is 83.9 Å². The molecule has 0 bridgehead atoms. The van der Waals surface area contributed by atoms with E-state index in [4.69, 9.17) is 19.3 Å². The topological polar surface area (TPSA) is 147 Å². The Bertz CT molecular complexity index is 1180. The number of carboxylic acid groups (broad SMARTS) is 2. The average molecular weight is 838 g/mol. The van der Waals surface area contributed by atoms with Crippen LogP contribution in [0.4, 0.5) is 0 Å². The summed E-state index contributed by atoms with van der Waals surface area (Å²) >= 11 is 6.31. The third-order valence-corrected chi connectivity index (χ3v) is 7.12. The van der Waals surface area contributed by atoms with Crippen molar-refractivity contribution in [2.45, 2.75) is 13.1 Å². The number of thioether (sulfide) groups is 1. The fourth-order valence-electron chi connectivity index (χ4n) is 3.81. The number of pyridine rings is 2. The number of aliphatic imine (C=N–C) groups is 1. The molecule has 45 heavy (non-hydrogen) atoms. The fraction of sp³-hybridized carbons (Fsp3) is 0.500. The van der Waals surface area contributed by atoms with Crippen molar-refractivity contribution >= 4 is 41.1 Å². The van der Waals surface area contributed by atoms with Crippen molar-refractivity contribution in [1.29, 1.82) is 0 Å². The van der Waals surface area contributed by atoms with Crippen molar-refractivity contribution < 1.29 is 53.8 Å². The molecule has 2 rings (SSSR count). The Morgan fingerprint density at radius 2 is 1.42 bits per heavy atom. The van der Waals surface area contributed by atoms with Crippen LogP contribution in [0, 0.1) is 13.3 Å². The van der Waals surface area contributed by atoms with Gasteiger partial charge in [0.25, 0.3) is 0 Å². The first-order valence-electron chi connectivity index (χ1n) is 14.2. The summed E-state index contributed by atoms with van der Waals surface area (Å²) in [6.07, 6.45) is 2.07. The first-order chi connectivity index (χ1) is 21.4. The molecule has 0 saturated heterocycles. The zero-order valence-electron chi connectivity index (χ0n) is 25.2. The molecule has 0 amide bonds. The second-order valence-corrected chi connectivity index (χ2v) is 10.7. The van der Waals surface area contributed by atoms with Gasteiger partial charge in [0.2, 0.25) is 0 Å². The number of carboxylic acids is 2. The van der Waals surface area contributed by atoms with Gasteiger partial charge < -0.3 is 36.2 Å². The third-order valence-electron chi connectivity index (χ3n) is 6.05. The van der Waals surface area contributed by atoms with E-state index in [1.54, 1.807) is 30.0 Å². The van der Waals surface area contributed by atoms with Crippen LogP contribution in [0.25, 0.3) is 0 Å². The molecule has 2 aromatic heterocycles. The number of hydrogen-bond donors (Lipinski definition) is 2. The molecule has 0 unspecified atom stereocenters. The van der Waals surface area contributed by atoms with Crippen molar-refractivity contribution in [3.63, 3.8) is 0 Å². The summed E-state index contributed by atoms with van der Waals surface area (Å²) in [7, 11) is 0. The molecule has 0 radical (unpaired) electrons. The number of hydrogen-bond acceptors (Lipinski definition) is 12. The number of ether oxygens (including phenoxy) is 3. The van der Waals surface area contributed by atoms with E-state index in [-0.39, 0.29) is 31.2 Å². The third kappa shape index (κ3) is 19.2. The summed E-state index contributed by atoms with van der Waals surface area (Å²) in [5, 5.41) is 20.8. The Morgan fingerprint density at radius 3 is 1.96 bits per heavy atom.